The van der Waals surface area contributed by atoms with Gasteiger partial charge in [-0.3, -0.25) is 4.79 Å². The van der Waals surface area contributed by atoms with Crippen LogP contribution in [0.2, 0.25) is 0 Å². The van der Waals surface area contributed by atoms with Crippen LogP contribution in [-0.4, -0.2) is 37.1 Å². The molecule has 4 nitrogen and oxygen atoms in total. The molecule has 20 heavy (non-hydrogen) atoms. The summed E-state index contributed by atoms with van der Waals surface area (Å²) in [6.07, 6.45) is 2.41. The van der Waals surface area contributed by atoms with Crippen LogP contribution < -0.4 is 5.73 Å². The van der Waals surface area contributed by atoms with Crippen molar-refractivity contribution in [3.05, 3.63) is 35.9 Å². The lowest BCUT2D eigenvalue weighted by Crippen LogP contribution is -2.46. The summed E-state index contributed by atoms with van der Waals surface area (Å²) < 4.78 is 5.12. The second-order valence-corrected chi connectivity index (χ2v) is 5.49. The van der Waals surface area contributed by atoms with E-state index in [0.717, 1.165) is 5.56 Å². The number of nitrogens with zero attached hydrogens (tertiary/aromatic N) is 1. The lowest BCUT2D eigenvalue weighted by molar-refractivity contribution is -0.136. The van der Waals surface area contributed by atoms with Gasteiger partial charge in [0.15, 0.2) is 0 Å². The van der Waals surface area contributed by atoms with Crippen LogP contribution in [0.3, 0.4) is 0 Å². The summed E-state index contributed by atoms with van der Waals surface area (Å²) >= 11 is 0. The van der Waals surface area contributed by atoms with E-state index >= 15 is 0 Å². The summed E-state index contributed by atoms with van der Waals surface area (Å²) in [6, 6.07) is 9.20. The van der Waals surface area contributed by atoms with Crippen molar-refractivity contribution in [2.45, 2.75) is 31.8 Å². The number of nitrogens with two attached hydrogens (primary N) is 1. The van der Waals surface area contributed by atoms with Crippen molar-refractivity contribution in [2.75, 3.05) is 20.3 Å². The van der Waals surface area contributed by atoms with Gasteiger partial charge < -0.3 is 15.4 Å². The fourth-order valence-corrected chi connectivity index (χ4v) is 2.52. The minimum atomic E-state index is -0.589. The van der Waals surface area contributed by atoms with Gasteiger partial charge in [-0.2, -0.15) is 0 Å². The molecule has 0 aromatic heterocycles. The van der Waals surface area contributed by atoms with Crippen LogP contribution in [0, 0.1) is 5.92 Å². The third-order valence-electron chi connectivity index (χ3n) is 4.04. The molecular weight excluding hydrogens is 252 g/mol. The highest BCUT2D eigenvalue weighted by molar-refractivity contribution is 5.83. The summed E-state index contributed by atoms with van der Waals surface area (Å²) in [5.74, 6) is 0.617. The lowest BCUT2D eigenvalue weighted by atomic mass is 10.0. The first-order chi connectivity index (χ1) is 9.65. The molecule has 1 aromatic rings. The number of benzene rings is 1. The number of methoxy groups -OCH3 is 1. The summed E-state index contributed by atoms with van der Waals surface area (Å²) in [5, 5.41) is 0. The Bertz CT molecular complexity index is 431. The zero-order valence-electron chi connectivity index (χ0n) is 12.3. The van der Waals surface area contributed by atoms with Crippen LogP contribution in [-0.2, 0) is 9.53 Å². The van der Waals surface area contributed by atoms with Gasteiger partial charge in [0.1, 0.15) is 6.04 Å². The fraction of sp³-hybridized carbons (Fsp3) is 0.562. The molecule has 2 N–H and O–H groups in total. The molecule has 1 aromatic carbocycles. The molecule has 4 heteroatoms. The monoisotopic (exact) mass is 276 g/mol. The van der Waals surface area contributed by atoms with E-state index in [-0.39, 0.29) is 11.9 Å². The Kier molecular flexibility index (Phi) is 5.15. The van der Waals surface area contributed by atoms with E-state index in [2.05, 4.69) is 6.92 Å². The molecule has 110 valence electrons. The fourth-order valence-electron chi connectivity index (χ4n) is 2.52. The maximum atomic E-state index is 12.7. The van der Waals surface area contributed by atoms with Gasteiger partial charge in [0.05, 0.1) is 6.61 Å². The van der Waals surface area contributed by atoms with Crippen molar-refractivity contribution < 1.29 is 9.53 Å². The Morgan fingerprint density at radius 1 is 1.40 bits per heavy atom. The molecular formula is C16H24N2O2. The van der Waals surface area contributed by atoms with E-state index in [1.807, 2.05) is 35.2 Å². The minimum absolute atomic E-state index is 0.00681. The van der Waals surface area contributed by atoms with Gasteiger partial charge in [-0.05, 0) is 31.2 Å². The van der Waals surface area contributed by atoms with Crippen LogP contribution in [0.5, 0.6) is 0 Å². The number of amides is 1. The Balaban J connectivity index is 2.08. The number of hydrogen-bond donors (Lipinski definition) is 1. The van der Waals surface area contributed by atoms with Crippen LogP contribution in [0.25, 0.3) is 0 Å². The topological polar surface area (TPSA) is 55.6 Å². The summed E-state index contributed by atoms with van der Waals surface area (Å²) in [6.45, 7) is 3.26. The molecule has 0 saturated heterocycles. The third kappa shape index (κ3) is 3.58. The van der Waals surface area contributed by atoms with Gasteiger partial charge in [0, 0.05) is 19.7 Å². The molecule has 1 saturated carbocycles. The van der Waals surface area contributed by atoms with Crippen molar-refractivity contribution in [1.29, 1.82) is 0 Å². The first-order valence-electron chi connectivity index (χ1n) is 7.25. The highest BCUT2D eigenvalue weighted by atomic mass is 16.5. The first-order valence-corrected chi connectivity index (χ1v) is 7.25. The Hall–Kier alpha value is -1.39. The Morgan fingerprint density at radius 2 is 2.05 bits per heavy atom. The number of hydrogen-bond acceptors (Lipinski definition) is 3. The molecule has 0 bridgehead atoms. The maximum absolute atomic E-state index is 12.7. The predicted molar refractivity (Wildman–Crippen MR) is 79.1 cm³/mol. The van der Waals surface area contributed by atoms with E-state index < -0.39 is 6.04 Å². The van der Waals surface area contributed by atoms with Crippen LogP contribution in [0.15, 0.2) is 30.3 Å². The second kappa shape index (κ2) is 6.86. The Morgan fingerprint density at radius 3 is 2.60 bits per heavy atom. The van der Waals surface area contributed by atoms with Crippen molar-refractivity contribution in [2.24, 2.45) is 11.7 Å². The standard InChI is InChI=1S/C16H24N2O2/c1-12(13-8-9-13)18(10-11-20-2)16(19)15(17)14-6-4-3-5-7-14/h3-7,12-13,15H,8-11,17H2,1-2H3/t12?,15-/m1/s1. The largest absolute Gasteiger partial charge is 0.383 e. The molecule has 1 aliphatic carbocycles. The van der Waals surface area contributed by atoms with Gasteiger partial charge >= 0.3 is 0 Å². The number of carbonyl (C=O) groups excluding carboxylic acids is 1. The SMILES string of the molecule is COCCN(C(=O)[C@H](N)c1ccccc1)C(C)C1CC1. The molecule has 1 amide bonds. The normalized spacial score (nSPS) is 17.6. The first kappa shape index (κ1) is 15.0. The highest BCUT2D eigenvalue weighted by Crippen LogP contribution is 2.35. The zero-order chi connectivity index (χ0) is 14.5. The summed E-state index contributed by atoms with van der Waals surface area (Å²) in [7, 11) is 1.65. The smallest absolute Gasteiger partial charge is 0.244 e. The van der Waals surface area contributed by atoms with E-state index in [0.29, 0.717) is 19.1 Å². The lowest BCUT2D eigenvalue weighted by Gasteiger charge is -2.31. The van der Waals surface area contributed by atoms with Crippen LogP contribution >= 0.6 is 0 Å². The van der Waals surface area contributed by atoms with Gasteiger partial charge in [0.25, 0.3) is 0 Å². The van der Waals surface area contributed by atoms with Crippen molar-refractivity contribution in [3.8, 4) is 0 Å². The molecule has 0 spiro atoms. The number of carbonyl (C=O) groups is 1. The van der Waals surface area contributed by atoms with E-state index in [4.69, 9.17) is 10.5 Å². The average molecular weight is 276 g/mol. The van der Waals surface area contributed by atoms with E-state index in [1.54, 1.807) is 7.11 Å². The molecule has 1 unspecified atom stereocenters. The predicted octanol–water partition coefficient (Wildman–Crippen LogP) is 1.96. The highest BCUT2D eigenvalue weighted by Gasteiger charge is 2.35. The second-order valence-electron chi connectivity index (χ2n) is 5.49. The van der Waals surface area contributed by atoms with Crippen molar-refractivity contribution in [3.63, 3.8) is 0 Å². The van der Waals surface area contributed by atoms with Crippen LogP contribution in [0.1, 0.15) is 31.4 Å². The molecule has 0 radical (unpaired) electrons. The maximum Gasteiger partial charge on any atom is 0.244 e. The van der Waals surface area contributed by atoms with Gasteiger partial charge in [-0.25, -0.2) is 0 Å². The van der Waals surface area contributed by atoms with Crippen LogP contribution in [0.4, 0.5) is 0 Å². The van der Waals surface area contributed by atoms with Gasteiger partial charge in [-0.1, -0.05) is 30.3 Å². The van der Waals surface area contributed by atoms with Crippen molar-refractivity contribution in [1.82, 2.24) is 4.90 Å². The van der Waals surface area contributed by atoms with Gasteiger partial charge in [-0.15, -0.1) is 0 Å². The third-order valence-corrected chi connectivity index (χ3v) is 4.04. The zero-order valence-corrected chi connectivity index (χ0v) is 12.3. The quantitative estimate of drug-likeness (QED) is 0.828. The minimum Gasteiger partial charge on any atom is -0.383 e. The molecule has 2 rings (SSSR count). The molecule has 2 atom stereocenters. The molecule has 1 fully saturated rings. The molecule has 0 heterocycles. The number of ether oxygens (including phenoxy) is 1. The molecule has 0 aliphatic heterocycles. The van der Waals surface area contributed by atoms with E-state index in [1.165, 1.54) is 12.8 Å². The Labute approximate surface area is 120 Å². The summed E-state index contributed by atoms with van der Waals surface area (Å²) in [4.78, 5) is 14.6. The summed E-state index contributed by atoms with van der Waals surface area (Å²) in [5.41, 5.74) is 7.00. The van der Waals surface area contributed by atoms with E-state index in [9.17, 15) is 4.79 Å². The van der Waals surface area contributed by atoms with Gasteiger partial charge in [0.2, 0.25) is 5.91 Å². The molecule has 1 aliphatic rings. The van der Waals surface area contributed by atoms with Crippen molar-refractivity contribution >= 4 is 5.91 Å². The number of rotatable bonds is 7. The average Bonchev–Trinajstić information content (AvgIpc) is 3.32.